The number of rotatable bonds is 7. The summed E-state index contributed by atoms with van der Waals surface area (Å²) in [4.78, 5) is 12.1. The van der Waals surface area contributed by atoms with Crippen LogP contribution in [0.1, 0.15) is 39.2 Å². The van der Waals surface area contributed by atoms with E-state index in [0.717, 1.165) is 28.4 Å². The number of benzene rings is 2. The van der Waals surface area contributed by atoms with Crippen LogP contribution >= 0.6 is 11.8 Å². The minimum atomic E-state index is -0.0912. The highest BCUT2D eigenvalue weighted by Gasteiger charge is 2.10. The molecule has 0 fully saturated rings. The second-order valence-corrected chi connectivity index (χ2v) is 8.76. The molecule has 0 radical (unpaired) electrons. The Morgan fingerprint density at radius 1 is 0.967 bits per heavy atom. The fourth-order valence-electron chi connectivity index (χ4n) is 3.55. The smallest absolute Gasteiger partial charge is 0.250 e. The van der Waals surface area contributed by atoms with Crippen LogP contribution in [0.5, 0.6) is 0 Å². The first-order chi connectivity index (χ1) is 14.3. The van der Waals surface area contributed by atoms with E-state index in [1.807, 2.05) is 0 Å². The highest BCUT2D eigenvalue weighted by molar-refractivity contribution is 7.99. The first-order valence-electron chi connectivity index (χ1n) is 10.1. The number of nitrogens with zero attached hydrogens (tertiary/aromatic N) is 2. The lowest BCUT2D eigenvalue weighted by atomic mass is 10.1. The van der Waals surface area contributed by atoms with Gasteiger partial charge in [0.2, 0.25) is 5.91 Å². The summed E-state index contributed by atoms with van der Waals surface area (Å²) in [5.41, 5.74) is 12.0. The van der Waals surface area contributed by atoms with Gasteiger partial charge in [0.1, 0.15) is 0 Å². The number of hydrogen-bond acceptors (Lipinski definition) is 3. The molecule has 0 saturated heterocycles. The molecule has 0 saturated carbocycles. The van der Waals surface area contributed by atoms with E-state index in [1.54, 1.807) is 18.0 Å². The van der Waals surface area contributed by atoms with Gasteiger partial charge in [0.05, 0.1) is 12.0 Å². The van der Waals surface area contributed by atoms with Crippen molar-refractivity contribution >= 4 is 23.9 Å². The van der Waals surface area contributed by atoms with Crippen molar-refractivity contribution in [2.75, 3.05) is 5.75 Å². The molecule has 0 aliphatic heterocycles. The van der Waals surface area contributed by atoms with Gasteiger partial charge in [0, 0.05) is 28.4 Å². The zero-order chi connectivity index (χ0) is 21.7. The lowest BCUT2D eigenvalue weighted by molar-refractivity contribution is -0.118. The van der Waals surface area contributed by atoms with Crippen LogP contribution in [0.25, 0.3) is 5.69 Å². The minimum absolute atomic E-state index is 0.0912. The van der Waals surface area contributed by atoms with E-state index in [4.69, 9.17) is 0 Å². The van der Waals surface area contributed by atoms with E-state index in [1.165, 1.54) is 22.3 Å². The number of hydrazone groups is 1. The largest absolute Gasteiger partial charge is 0.318 e. The van der Waals surface area contributed by atoms with Gasteiger partial charge in [-0.1, -0.05) is 35.9 Å². The zero-order valence-electron chi connectivity index (χ0n) is 18.3. The third kappa shape index (κ3) is 5.63. The Balaban J connectivity index is 1.58. The average molecular weight is 420 g/mol. The molecule has 0 spiro atoms. The number of carbonyl (C=O) groups is 1. The number of hydrogen-bond donors (Lipinski definition) is 1. The molecule has 1 aromatic heterocycles. The molecular weight excluding hydrogens is 390 g/mol. The molecule has 1 amide bonds. The van der Waals surface area contributed by atoms with E-state index in [9.17, 15) is 4.79 Å². The van der Waals surface area contributed by atoms with E-state index in [-0.39, 0.29) is 5.91 Å². The predicted octanol–water partition coefficient (Wildman–Crippen LogP) is 5.40. The second kappa shape index (κ2) is 9.81. The van der Waals surface area contributed by atoms with Crippen molar-refractivity contribution in [1.82, 2.24) is 9.99 Å². The molecule has 1 heterocycles. The van der Waals surface area contributed by atoms with Gasteiger partial charge in [-0.2, -0.15) is 5.10 Å². The lowest BCUT2D eigenvalue weighted by Crippen LogP contribution is -2.19. The highest BCUT2D eigenvalue weighted by atomic mass is 32.2. The summed E-state index contributed by atoms with van der Waals surface area (Å²) in [7, 11) is 0. The molecular formula is C25H29N3OS. The molecule has 0 aliphatic rings. The Kier molecular flexibility index (Phi) is 7.16. The van der Waals surface area contributed by atoms with Crippen LogP contribution in [-0.4, -0.2) is 22.4 Å². The van der Waals surface area contributed by atoms with Crippen LogP contribution in [0, 0.1) is 34.6 Å². The number of carbonyl (C=O) groups excluding carboxylic acids is 1. The van der Waals surface area contributed by atoms with E-state index in [2.05, 4.69) is 98.2 Å². The van der Waals surface area contributed by atoms with Crippen LogP contribution < -0.4 is 5.43 Å². The maximum absolute atomic E-state index is 12.1. The van der Waals surface area contributed by atoms with E-state index in [0.29, 0.717) is 5.75 Å². The molecule has 156 valence electrons. The molecule has 0 atom stereocenters. The van der Waals surface area contributed by atoms with Crippen LogP contribution in [-0.2, 0) is 10.5 Å². The minimum Gasteiger partial charge on any atom is -0.318 e. The van der Waals surface area contributed by atoms with Crippen molar-refractivity contribution < 1.29 is 4.79 Å². The fraction of sp³-hybridized carbons (Fsp3) is 0.280. The molecule has 3 aromatic rings. The van der Waals surface area contributed by atoms with Gasteiger partial charge in [-0.15, -0.1) is 11.8 Å². The molecule has 3 rings (SSSR count). The quantitative estimate of drug-likeness (QED) is 0.411. The fourth-order valence-corrected chi connectivity index (χ4v) is 4.33. The third-order valence-electron chi connectivity index (χ3n) is 4.95. The van der Waals surface area contributed by atoms with Crippen molar-refractivity contribution in [2.45, 2.75) is 40.4 Å². The third-order valence-corrected chi connectivity index (χ3v) is 5.95. The molecule has 1 N–H and O–H groups in total. The predicted molar refractivity (Wildman–Crippen MR) is 128 cm³/mol. The van der Waals surface area contributed by atoms with Crippen molar-refractivity contribution in [2.24, 2.45) is 5.10 Å². The SMILES string of the molecule is Cc1ccc(CSCC(=O)N/N=C\c2cc(C)n(-c3cc(C)cc(C)c3)c2C)cc1. The molecule has 0 unspecified atom stereocenters. The summed E-state index contributed by atoms with van der Waals surface area (Å²) >= 11 is 1.59. The molecule has 0 bridgehead atoms. The van der Waals surface area contributed by atoms with Gasteiger partial charge >= 0.3 is 0 Å². The van der Waals surface area contributed by atoms with Crippen molar-refractivity contribution in [1.29, 1.82) is 0 Å². The van der Waals surface area contributed by atoms with Crippen molar-refractivity contribution in [3.63, 3.8) is 0 Å². The van der Waals surface area contributed by atoms with Crippen LogP contribution in [0.4, 0.5) is 0 Å². The Hall–Kier alpha value is -2.79. The summed E-state index contributed by atoms with van der Waals surface area (Å²) in [5, 5.41) is 4.17. The molecule has 30 heavy (non-hydrogen) atoms. The van der Waals surface area contributed by atoms with Crippen LogP contribution in [0.15, 0.2) is 53.6 Å². The summed E-state index contributed by atoms with van der Waals surface area (Å²) in [6.45, 7) is 10.5. The topological polar surface area (TPSA) is 46.4 Å². The maximum Gasteiger partial charge on any atom is 0.250 e. The zero-order valence-corrected chi connectivity index (χ0v) is 19.1. The van der Waals surface area contributed by atoms with E-state index < -0.39 is 0 Å². The number of thioether (sulfide) groups is 1. The molecule has 5 heteroatoms. The van der Waals surface area contributed by atoms with Gasteiger partial charge in [0.25, 0.3) is 0 Å². The Bertz CT molecular complexity index is 1040. The summed E-state index contributed by atoms with van der Waals surface area (Å²) < 4.78 is 2.22. The molecule has 2 aromatic carbocycles. The number of amides is 1. The van der Waals surface area contributed by atoms with E-state index >= 15 is 0 Å². The Morgan fingerprint density at radius 2 is 1.63 bits per heavy atom. The number of nitrogens with one attached hydrogen (secondary N) is 1. The molecule has 4 nitrogen and oxygen atoms in total. The van der Waals surface area contributed by atoms with Gasteiger partial charge in [-0.05, 0) is 69.5 Å². The highest BCUT2D eigenvalue weighted by Crippen LogP contribution is 2.22. The first-order valence-corrected chi connectivity index (χ1v) is 11.2. The lowest BCUT2D eigenvalue weighted by Gasteiger charge is -2.11. The monoisotopic (exact) mass is 419 g/mol. The standard InChI is InChI=1S/C25H29N3OS/c1-17-6-8-22(9-7-17)15-30-16-25(29)27-26-14-23-13-20(4)28(21(23)5)24-11-18(2)10-19(3)12-24/h6-14H,15-16H2,1-5H3,(H,27,29)/b26-14-. The summed E-state index contributed by atoms with van der Waals surface area (Å²) in [5.74, 6) is 1.10. The van der Waals surface area contributed by atoms with Gasteiger partial charge in [-0.3, -0.25) is 4.79 Å². The molecule has 0 aliphatic carbocycles. The Morgan fingerprint density at radius 3 is 2.30 bits per heavy atom. The van der Waals surface area contributed by atoms with Crippen LogP contribution in [0.3, 0.4) is 0 Å². The van der Waals surface area contributed by atoms with Crippen molar-refractivity contribution in [3.8, 4) is 5.69 Å². The average Bonchev–Trinajstić information content (AvgIpc) is 2.96. The number of aryl methyl sites for hydroxylation is 4. The van der Waals surface area contributed by atoms with Crippen LogP contribution in [0.2, 0.25) is 0 Å². The number of aromatic nitrogens is 1. The normalized spacial score (nSPS) is 11.2. The van der Waals surface area contributed by atoms with Gasteiger partial charge < -0.3 is 4.57 Å². The first kappa shape index (κ1) is 21.9. The summed E-state index contributed by atoms with van der Waals surface area (Å²) in [6.07, 6.45) is 1.73. The van der Waals surface area contributed by atoms with Crippen molar-refractivity contribution in [3.05, 3.63) is 87.7 Å². The second-order valence-electron chi connectivity index (χ2n) is 7.78. The Labute approximate surface area is 183 Å². The summed E-state index contributed by atoms with van der Waals surface area (Å²) in [6, 6.07) is 17.0. The maximum atomic E-state index is 12.1. The van der Waals surface area contributed by atoms with Gasteiger partial charge in [0.15, 0.2) is 0 Å². The van der Waals surface area contributed by atoms with Gasteiger partial charge in [-0.25, -0.2) is 5.43 Å².